The van der Waals surface area contributed by atoms with E-state index in [0.29, 0.717) is 25.1 Å². The number of para-hydroxylation sites is 1. The number of nitro benzene ring substituents is 1. The number of nitrogens with zero attached hydrogens (tertiary/aromatic N) is 2. The maximum absolute atomic E-state index is 13.1. The Labute approximate surface area is 146 Å². The molecule has 0 aliphatic carbocycles. The molecule has 0 amide bonds. The van der Waals surface area contributed by atoms with Gasteiger partial charge in [0, 0.05) is 12.6 Å². The summed E-state index contributed by atoms with van der Waals surface area (Å²) in [6.45, 7) is 0.338. The lowest BCUT2D eigenvalue weighted by Gasteiger charge is -2.24. The smallest absolute Gasteiger partial charge is 0.289 e. The lowest BCUT2D eigenvalue weighted by Crippen LogP contribution is -2.31. The molecule has 0 bridgehead atoms. The lowest BCUT2D eigenvalue weighted by atomic mass is 10.1. The molecule has 0 saturated carbocycles. The Balaban J connectivity index is 2.00. The van der Waals surface area contributed by atoms with E-state index >= 15 is 0 Å². The molecule has 0 radical (unpaired) electrons. The first-order chi connectivity index (χ1) is 11.9. The third-order valence-electron chi connectivity index (χ3n) is 4.35. The molecule has 1 aliphatic rings. The van der Waals surface area contributed by atoms with Gasteiger partial charge in [-0.1, -0.05) is 24.3 Å². The molecule has 1 aliphatic heterocycles. The Morgan fingerprint density at radius 3 is 2.48 bits per heavy atom. The van der Waals surface area contributed by atoms with Crippen molar-refractivity contribution in [1.29, 1.82) is 0 Å². The summed E-state index contributed by atoms with van der Waals surface area (Å²) in [4.78, 5) is 10.3. The third-order valence-corrected chi connectivity index (χ3v) is 6.31. The Bertz CT molecular complexity index is 880. The summed E-state index contributed by atoms with van der Waals surface area (Å²) in [5, 5.41) is 11.2. The Morgan fingerprint density at radius 1 is 1.16 bits per heavy atom. The van der Waals surface area contributed by atoms with Crippen LogP contribution in [0.3, 0.4) is 0 Å². The maximum Gasteiger partial charge on any atom is 0.289 e. The molecule has 3 rings (SSSR count). The summed E-state index contributed by atoms with van der Waals surface area (Å²) in [7, 11) is -2.40. The summed E-state index contributed by atoms with van der Waals surface area (Å²) in [6.07, 6.45) is 1.38. The van der Waals surface area contributed by atoms with Gasteiger partial charge in [-0.15, -0.1) is 0 Å². The highest BCUT2D eigenvalue weighted by molar-refractivity contribution is 7.89. The van der Waals surface area contributed by atoms with E-state index in [2.05, 4.69) is 0 Å². The lowest BCUT2D eigenvalue weighted by molar-refractivity contribution is -0.387. The number of rotatable bonds is 5. The van der Waals surface area contributed by atoms with E-state index in [0.717, 1.165) is 5.56 Å². The molecular formula is C17H18N2O5S. The van der Waals surface area contributed by atoms with E-state index in [1.807, 2.05) is 12.1 Å². The van der Waals surface area contributed by atoms with Crippen molar-refractivity contribution in [2.75, 3.05) is 13.7 Å². The van der Waals surface area contributed by atoms with E-state index in [1.54, 1.807) is 19.2 Å². The van der Waals surface area contributed by atoms with Crippen LogP contribution < -0.4 is 4.74 Å². The van der Waals surface area contributed by atoms with E-state index in [4.69, 9.17) is 4.74 Å². The summed E-state index contributed by atoms with van der Waals surface area (Å²) in [6, 6.07) is 12.3. The zero-order valence-corrected chi connectivity index (χ0v) is 14.5. The quantitative estimate of drug-likeness (QED) is 0.602. The molecule has 1 unspecified atom stereocenters. The number of nitro groups is 1. The van der Waals surface area contributed by atoms with Crippen molar-refractivity contribution in [3.05, 3.63) is 64.2 Å². The van der Waals surface area contributed by atoms with E-state index in [-0.39, 0.29) is 10.9 Å². The fraction of sp³-hybridized carbons (Fsp3) is 0.294. The standard InChI is InChI=1S/C17H18N2O5S/c1-24-14-10-8-13(9-11-14)15-6-4-12-18(15)25(22,23)17-7-3-2-5-16(17)19(20)21/h2-3,5,7-11,15H,4,6,12H2,1H3. The number of sulfonamides is 1. The number of hydrogen-bond acceptors (Lipinski definition) is 5. The van der Waals surface area contributed by atoms with Crippen LogP contribution in [0.25, 0.3) is 0 Å². The fourth-order valence-corrected chi connectivity index (χ4v) is 4.98. The molecule has 7 nitrogen and oxygen atoms in total. The minimum Gasteiger partial charge on any atom is -0.497 e. The van der Waals surface area contributed by atoms with Crippen LogP contribution in [0.2, 0.25) is 0 Å². The van der Waals surface area contributed by atoms with Crippen molar-refractivity contribution >= 4 is 15.7 Å². The monoisotopic (exact) mass is 362 g/mol. The van der Waals surface area contributed by atoms with Crippen molar-refractivity contribution in [1.82, 2.24) is 4.31 Å². The van der Waals surface area contributed by atoms with Crippen LogP contribution in [0.15, 0.2) is 53.4 Å². The van der Waals surface area contributed by atoms with Crippen LogP contribution >= 0.6 is 0 Å². The molecule has 2 aromatic rings. The van der Waals surface area contributed by atoms with Crippen molar-refractivity contribution in [3.8, 4) is 5.75 Å². The van der Waals surface area contributed by atoms with Crippen LogP contribution in [0, 0.1) is 10.1 Å². The second kappa shape index (κ2) is 6.81. The highest BCUT2D eigenvalue weighted by atomic mass is 32.2. The van der Waals surface area contributed by atoms with Crippen LogP contribution in [0.1, 0.15) is 24.4 Å². The zero-order valence-electron chi connectivity index (χ0n) is 13.7. The van der Waals surface area contributed by atoms with Crippen LogP contribution in [-0.4, -0.2) is 31.3 Å². The van der Waals surface area contributed by atoms with Gasteiger partial charge in [0.05, 0.1) is 18.1 Å². The second-order valence-corrected chi connectivity index (χ2v) is 7.63. The molecule has 2 aromatic carbocycles. The van der Waals surface area contributed by atoms with Gasteiger partial charge in [-0.3, -0.25) is 10.1 Å². The molecule has 1 heterocycles. The predicted molar refractivity (Wildman–Crippen MR) is 92.0 cm³/mol. The molecule has 0 N–H and O–H groups in total. The average molecular weight is 362 g/mol. The topological polar surface area (TPSA) is 89.8 Å². The van der Waals surface area contributed by atoms with Crippen molar-refractivity contribution in [2.45, 2.75) is 23.8 Å². The van der Waals surface area contributed by atoms with Crippen molar-refractivity contribution < 1.29 is 18.1 Å². The van der Waals surface area contributed by atoms with Crippen molar-refractivity contribution in [2.24, 2.45) is 0 Å². The Hall–Kier alpha value is -2.45. The minimum atomic E-state index is -3.97. The molecule has 0 aromatic heterocycles. The van der Waals surface area contributed by atoms with Gasteiger partial charge in [-0.2, -0.15) is 4.31 Å². The second-order valence-electron chi connectivity index (χ2n) is 5.77. The minimum absolute atomic E-state index is 0.264. The first-order valence-corrected chi connectivity index (χ1v) is 9.28. The Morgan fingerprint density at radius 2 is 1.84 bits per heavy atom. The highest BCUT2D eigenvalue weighted by Gasteiger charge is 2.39. The average Bonchev–Trinajstić information content (AvgIpc) is 3.12. The number of ether oxygens (including phenoxy) is 1. The van der Waals surface area contributed by atoms with Gasteiger partial charge >= 0.3 is 0 Å². The SMILES string of the molecule is COc1ccc(C2CCCN2S(=O)(=O)c2ccccc2[N+](=O)[O-])cc1. The van der Waals surface area contributed by atoms with Crippen molar-refractivity contribution in [3.63, 3.8) is 0 Å². The molecule has 1 fully saturated rings. The number of methoxy groups -OCH3 is 1. The third kappa shape index (κ3) is 3.22. The van der Waals surface area contributed by atoms with Crippen LogP contribution in [0.4, 0.5) is 5.69 Å². The molecule has 0 spiro atoms. The molecule has 25 heavy (non-hydrogen) atoms. The van der Waals surface area contributed by atoms with E-state index in [9.17, 15) is 18.5 Å². The summed E-state index contributed by atoms with van der Waals surface area (Å²) in [5.74, 6) is 0.690. The highest BCUT2D eigenvalue weighted by Crippen LogP contribution is 2.38. The summed E-state index contributed by atoms with van der Waals surface area (Å²) >= 11 is 0. The summed E-state index contributed by atoms with van der Waals surface area (Å²) < 4.78 is 32.6. The molecule has 1 atom stereocenters. The van der Waals surface area contributed by atoms with Crippen LogP contribution in [-0.2, 0) is 10.0 Å². The first-order valence-electron chi connectivity index (χ1n) is 7.84. The zero-order chi connectivity index (χ0) is 18.0. The van der Waals surface area contributed by atoms with E-state index < -0.39 is 20.6 Å². The van der Waals surface area contributed by atoms with Crippen LogP contribution in [0.5, 0.6) is 5.75 Å². The first kappa shape index (κ1) is 17.4. The Kier molecular flexibility index (Phi) is 4.73. The molecule has 1 saturated heterocycles. The van der Waals surface area contributed by atoms with Gasteiger partial charge in [0.2, 0.25) is 10.0 Å². The normalized spacial score (nSPS) is 18.2. The predicted octanol–water partition coefficient (Wildman–Crippen LogP) is 3.13. The molecular weight excluding hydrogens is 344 g/mol. The molecule has 132 valence electrons. The van der Waals surface area contributed by atoms with Gasteiger partial charge in [0.1, 0.15) is 5.75 Å². The fourth-order valence-electron chi connectivity index (χ4n) is 3.14. The largest absolute Gasteiger partial charge is 0.497 e. The molecule has 8 heteroatoms. The number of benzene rings is 2. The maximum atomic E-state index is 13.1. The summed E-state index contributed by atoms with van der Waals surface area (Å²) in [5.41, 5.74) is 0.448. The van der Waals surface area contributed by atoms with Gasteiger partial charge in [0.15, 0.2) is 4.90 Å². The van der Waals surface area contributed by atoms with Gasteiger partial charge in [-0.25, -0.2) is 8.42 Å². The number of hydrogen-bond donors (Lipinski definition) is 0. The van der Waals surface area contributed by atoms with Gasteiger partial charge in [-0.05, 0) is 36.6 Å². The van der Waals surface area contributed by atoms with Gasteiger partial charge in [0.25, 0.3) is 5.69 Å². The van der Waals surface area contributed by atoms with Gasteiger partial charge < -0.3 is 4.74 Å². The van der Waals surface area contributed by atoms with E-state index in [1.165, 1.54) is 28.6 Å².